The molecule has 1 aliphatic heterocycles. The molecular weight excluding hydrogens is 202 g/mol. The van der Waals surface area contributed by atoms with E-state index in [4.69, 9.17) is 0 Å². The number of aliphatic hydroxyl groups is 2. The Morgan fingerprint density at radius 3 is 2.56 bits per heavy atom. The van der Waals surface area contributed by atoms with Crippen molar-refractivity contribution in [2.75, 3.05) is 13.2 Å². The fourth-order valence-corrected chi connectivity index (χ4v) is 2.54. The monoisotopic (exact) mass is 221 g/mol. The molecule has 2 rings (SSSR count). The summed E-state index contributed by atoms with van der Waals surface area (Å²) < 4.78 is 0. The first-order valence-electron chi connectivity index (χ1n) is 5.73. The molecule has 1 heterocycles. The quantitative estimate of drug-likeness (QED) is 0.716. The highest BCUT2D eigenvalue weighted by Crippen LogP contribution is 2.37. The molecule has 0 radical (unpaired) electrons. The zero-order chi connectivity index (χ0) is 11.6. The average molecular weight is 221 g/mol. The van der Waals surface area contributed by atoms with Crippen molar-refractivity contribution >= 4 is 0 Å². The van der Waals surface area contributed by atoms with Crippen molar-refractivity contribution in [2.24, 2.45) is 5.92 Å². The number of nitrogens with one attached hydrogen (secondary N) is 1. The van der Waals surface area contributed by atoms with E-state index in [0.717, 1.165) is 6.42 Å². The molecule has 1 fully saturated rings. The molecule has 0 amide bonds. The van der Waals surface area contributed by atoms with Gasteiger partial charge in [0.15, 0.2) is 0 Å². The predicted molar refractivity (Wildman–Crippen MR) is 63.0 cm³/mol. The minimum Gasteiger partial charge on any atom is -0.396 e. The Morgan fingerprint density at radius 1 is 1.31 bits per heavy atom. The summed E-state index contributed by atoms with van der Waals surface area (Å²) in [5, 5.41) is 22.2. The van der Waals surface area contributed by atoms with Crippen LogP contribution in [-0.4, -0.2) is 29.0 Å². The van der Waals surface area contributed by atoms with E-state index in [0.29, 0.717) is 0 Å². The van der Waals surface area contributed by atoms with Crippen LogP contribution >= 0.6 is 0 Å². The standard InChI is InChI=1S/C13H19NO2/c1-13(9-16)7-11(8-15)12(14-13)10-5-3-2-4-6-10/h2-6,11-12,14-16H,7-9H2,1H3/t11-,12+,13+/m1/s1. The maximum Gasteiger partial charge on any atom is 0.0610 e. The third-order valence-electron chi connectivity index (χ3n) is 3.43. The first-order valence-corrected chi connectivity index (χ1v) is 5.73. The molecule has 0 aromatic heterocycles. The maximum absolute atomic E-state index is 9.40. The van der Waals surface area contributed by atoms with Gasteiger partial charge in [-0.3, -0.25) is 0 Å². The number of rotatable bonds is 3. The molecular formula is C13H19NO2. The molecule has 0 aliphatic carbocycles. The van der Waals surface area contributed by atoms with Crippen LogP contribution in [0.5, 0.6) is 0 Å². The minimum absolute atomic E-state index is 0.104. The van der Waals surface area contributed by atoms with E-state index in [-0.39, 0.29) is 30.7 Å². The SMILES string of the molecule is C[C@@]1(CO)C[C@H](CO)[C@H](c2ccccc2)N1. The molecule has 3 atom stereocenters. The third kappa shape index (κ3) is 2.12. The molecule has 0 spiro atoms. The highest BCUT2D eigenvalue weighted by molar-refractivity contribution is 5.22. The summed E-state index contributed by atoms with van der Waals surface area (Å²) in [5.41, 5.74) is 0.909. The predicted octanol–water partition coefficient (Wildman–Crippen LogP) is 1.08. The lowest BCUT2D eigenvalue weighted by Crippen LogP contribution is -2.40. The molecule has 0 unspecified atom stereocenters. The molecule has 1 saturated heterocycles. The maximum atomic E-state index is 9.40. The van der Waals surface area contributed by atoms with Gasteiger partial charge in [-0.25, -0.2) is 0 Å². The zero-order valence-corrected chi connectivity index (χ0v) is 9.56. The van der Waals surface area contributed by atoms with Gasteiger partial charge < -0.3 is 15.5 Å². The van der Waals surface area contributed by atoms with E-state index >= 15 is 0 Å². The molecule has 3 nitrogen and oxygen atoms in total. The molecule has 0 bridgehead atoms. The molecule has 1 aromatic carbocycles. The first kappa shape index (κ1) is 11.6. The highest BCUT2D eigenvalue weighted by Gasteiger charge is 2.41. The van der Waals surface area contributed by atoms with Crippen LogP contribution in [0.15, 0.2) is 30.3 Å². The van der Waals surface area contributed by atoms with Crippen molar-refractivity contribution in [3.8, 4) is 0 Å². The van der Waals surface area contributed by atoms with E-state index < -0.39 is 0 Å². The van der Waals surface area contributed by atoms with Gasteiger partial charge in [0.1, 0.15) is 0 Å². The molecule has 1 aromatic rings. The van der Waals surface area contributed by atoms with Crippen molar-refractivity contribution in [1.29, 1.82) is 0 Å². The van der Waals surface area contributed by atoms with E-state index in [9.17, 15) is 10.2 Å². The van der Waals surface area contributed by atoms with Gasteiger partial charge in [-0.2, -0.15) is 0 Å². The van der Waals surface area contributed by atoms with Gasteiger partial charge >= 0.3 is 0 Å². The van der Waals surface area contributed by atoms with E-state index in [1.54, 1.807) is 0 Å². The van der Waals surface area contributed by atoms with Crippen LogP contribution in [-0.2, 0) is 0 Å². The number of hydrogen-bond acceptors (Lipinski definition) is 3. The van der Waals surface area contributed by atoms with Gasteiger partial charge in [0.05, 0.1) is 6.61 Å². The number of benzene rings is 1. The summed E-state index contributed by atoms with van der Waals surface area (Å²) >= 11 is 0. The molecule has 0 saturated carbocycles. The van der Waals surface area contributed by atoms with Crippen molar-refractivity contribution in [1.82, 2.24) is 5.32 Å². The van der Waals surface area contributed by atoms with E-state index in [2.05, 4.69) is 17.4 Å². The van der Waals surface area contributed by atoms with Crippen LogP contribution in [0.4, 0.5) is 0 Å². The lowest BCUT2D eigenvalue weighted by Gasteiger charge is -2.23. The largest absolute Gasteiger partial charge is 0.396 e. The highest BCUT2D eigenvalue weighted by atomic mass is 16.3. The zero-order valence-electron chi connectivity index (χ0n) is 9.56. The Bertz CT molecular complexity index is 341. The fourth-order valence-electron chi connectivity index (χ4n) is 2.54. The summed E-state index contributed by atoms with van der Waals surface area (Å²) in [6, 6.07) is 10.2. The Hall–Kier alpha value is -0.900. The van der Waals surface area contributed by atoms with Crippen LogP contribution in [0.3, 0.4) is 0 Å². The minimum atomic E-state index is -0.270. The van der Waals surface area contributed by atoms with Crippen LogP contribution in [0, 0.1) is 5.92 Å². The Kier molecular flexibility index (Phi) is 3.28. The topological polar surface area (TPSA) is 52.5 Å². The molecule has 1 aliphatic rings. The van der Waals surface area contributed by atoms with Gasteiger partial charge in [-0.15, -0.1) is 0 Å². The summed E-state index contributed by atoms with van der Waals surface area (Å²) in [5.74, 6) is 0.180. The molecule has 16 heavy (non-hydrogen) atoms. The van der Waals surface area contributed by atoms with Crippen LogP contribution in [0.2, 0.25) is 0 Å². The van der Waals surface area contributed by atoms with E-state index in [1.807, 2.05) is 25.1 Å². The third-order valence-corrected chi connectivity index (χ3v) is 3.43. The second kappa shape index (κ2) is 4.53. The summed E-state index contributed by atoms with van der Waals surface area (Å²) in [6.07, 6.45) is 0.805. The van der Waals surface area contributed by atoms with Crippen LogP contribution in [0.25, 0.3) is 0 Å². The van der Waals surface area contributed by atoms with Crippen LogP contribution < -0.4 is 5.32 Å². The van der Waals surface area contributed by atoms with Crippen LogP contribution in [0.1, 0.15) is 24.9 Å². The first-order chi connectivity index (χ1) is 7.68. The van der Waals surface area contributed by atoms with Gasteiger partial charge in [-0.05, 0) is 18.9 Å². The Labute approximate surface area is 96.1 Å². The van der Waals surface area contributed by atoms with Gasteiger partial charge in [0.25, 0.3) is 0 Å². The second-order valence-electron chi connectivity index (χ2n) is 4.90. The molecule has 3 heteroatoms. The number of hydrogen-bond donors (Lipinski definition) is 3. The second-order valence-corrected chi connectivity index (χ2v) is 4.90. The van der Waals surface area contributed by atoms with Gasteiger partial charge in [0, 0.05) is 24.1 Å². The summed E-state index contributed by atoms with van der Waals surface area (Å²) in [6.45, 7) is 2.26. The smallest absolute Gasteiger partial charge is 0.0610 e. The normalized spacial score (nSPS) is 34.2. The molecule has 3 N–H and O–H groups in total. The van der Waals surface area contributed by atoms with Crippen molar-refractivity contribution in [3.63, 3.8) is 0 Å². The van der Waals surface area contributed by atoms with Gasteiger partial charge in [0.2, 0.25) is 0 Å². The lowest BCUT2D eigenvalue weighted by atomic mass is 9.91. The van der Waals surface area contributed by atoms with Crippen molar-refractivity contribution in [3.05, 3.63) is 35.9 Å². The Morgan fingerprint density at radius 2 is 2.00 bits per heavy atom. The number of aliphatic hydroxyl groups excluding tert-OH is 2. The van der Waals surface area contributed by atoms with Crippen molar-refractivity contribution < 1.29 is 10.2 Å². The van der Waals surface area contributed by atoms with Gasteiger partial charge in [-0.1, -0.05) is 30.3 Å². The average Bonchev–Trinajstić information content (AvgIpc) is 2.69. The Balaban J connectivity index is 2.21. The van der Waals surface area contributed by atoms with E-state index in [1.165, 1.54) is 5.56 Å². The lowest BCUT2D eigenvalue weighted by molar-refractivity contribution is 0.179. The summed E-state index contributed by atoms with van der Waals surface area (Å²) in [7, 11) is 0. The summed E-state index contributed by atoms with van der Waals surface area (Å²) in [4.78, 5) is 0. The van der Waals surface area contributed by atoms with Crippen molar-refractivity contribution in [2.45, 2.75) is 24.9 Å². The molecule has 88 valence electrons. The fraction of sp³-hybridized carbons (Fsp3) is 0.538.